The number of hydrogen-bond acceptors (Lipinski definition) is 8. The number of ether oxygens (including phenoxy) is 3. The summed E-state index contributed by atoms with van der Waals surface area (Å²) in [6, 6.07) is 14.3. The number of H-pyrrole nitrogens is 1. The van der Waals surface area contributed by atoms with Crippen molar-refractivity contribution in [3.8, 4) is 40.0 Å². The normalized spacial score (nSPS) is 10.8. The van der Waals surface area contributed by atoms with Crippen molar-refractivity contribution in [1.82, 2.24) is 15.0 Å². The van der Waals surface area contributed by atoms with E-state index in [1.807, 2.05) is 43.3 Å². The fourth-order valence-electron chi connectivity index (χ4n) is 3.20. The molecule has 0 aliphatic carbocycles. The molecule has 4 aromatic rings. The number of rotatable bonds is 8. The van der Waals surface area contributed by atoms with Crippen LogP contribution in [0, 0.1) is 6.92 Å². The number of aromatic amines is 1. The molecule has 0 atom stereocenters. The van der Waals surface area contributed by atoms with Crippen LogP contribution in [0.4, 0.5) is 0 Å². The third-order valence-corrected chi connectivity index (χ3v) is 5.87. The van der Waals surface area contributed by atoms with E-state index in [1.165, 1.54) is 17.8 Å². The highest BCUT2D eigenvalue weighted by Gasteiger charge is 2.17. The fourth-order valence-corrected chi connectivity index (χ4v) is 4.08. The Morgan fingerprint density at radius 2 is 1.67 bits per heavy atom. The SMILES string of the molecule is COc1ccc(-c2cc(=O)[nH]c(SCc3nc(-c4ccc(OC)cc4OC)oc3C)n2)cc1. The third-order valence-electron chi connectivity index (χ3n) is 4.98. The van der Waals surface area contributed by atoms with E-state index >= 15 is 0 Å². The molecule has 4 rings (SSSR count). The molecule has 1 N–H and O–H groups in total. The van der Waals surface area contributed by atoms with Gasteiger partial charge in [-0.25, -0.2) is 9.97 Å². The molecule has 33 heavy (non-hydrogen) atoms. The molecule has 8 nitrogen and oxygen atoms in total. The van der Waals surface area contributed by atoms with Gasteiger partial charge in [0.1, 0.15) is 23.0 Å². The monoisotopic (exact) mass is 465 g/mol. The summed E-state index contributed by atoms with van der Waals surface area (Å²) in [6.45, 7) is 1.85. The van der Waals surface area contributed by atoms with Gasteiger partial charge in [0.2, 0.25) is 5.89 Å². The second kappa shape index (κ2) is 9.83. The average molecular weight is 466 g/mol. The van der Waals surface area contributed by atoms with Crippen LogP contribution in [-0.2, 0) is 5.75 Å². The van der Waals surface area contributed by atoms with Crippen LogP contribution in [0.15, 0.2) is 62.9 Å². The largest absolute Gasteiger partial charge is 0.497 e. The van der Waals surface area contributed by atoms with Gasteiger partial charge < -0.3 is 23.6 Å². The highest BCUT2D eigenvalue weighted by Crippen LogP contribution is 2.34. The highest BCUT2D eigenvalue weighted by molar-refractivity contribution is 7.98. The molecular weight excluding hydrogens is 442 g/mol. The van der Waals surface area contributed by atoms with Crippen LogP contribution >= 0.6 is 11.8 Å². The van der Waals surface area contributed by atoms with Gasteiger partial charge in [0.15, 0.2) is 5.16 Å². The van der Waals surface area contributed by atoms with Crippen molar-refractivity contribution >= 4 is 11.8 Å². The molecule has 170 valence electrons. The molecule has 2 aromatic heterocycles. The van der Waals surface area contributed by atoms with Gasteiger partial charge in [-0.05, 0) is 43.3 Å². The summed E-state index contributed by atoms with van der Waals surface area (Å²) < 4.78 is 21.8. The van der Waals surface area contributed by atoms with E-state index in [-0.39, 0.29) is 5.56 Å². The summed E-state index contributed by atoms with van der Waals surface area (Å²) in [6.07, 6.45) is 0. The Bertz CT molecular complexity index is 1310. The zero-order valence-corrected chi connectivity index (χ0v) is 19.5. The number of methoxy groups -OCH3 is 3. The number of oxazole rings is 1. The van der Waals surface area contributed by atoms with Crippen LogP contribution in [0.3, 0.4) is 0 Å². The Kier molecular flexibility index (Phi) is 6.69. The first kappa shape index (κ1) is 22.5. The van der Waals surface area contributed by atoms with Crippen LogP contribution < -0.4 is 19.8 Å². The van der Waals surface area contributed by atoms with Gasteiger partial charge in [-0.15, -0.1) is 0 Å². The number of nitrogens with one attached hydrogen (secondary N) is 1. The summed E-state index contributed by atoms with van der Waals surface area (Å²) in [4.78, 5) is 24.2. The van der Waals surface area contributed by atoms with Crippen molar-refractivity contribution in [3.05, 3.63) is 70.3 Å². The van der Waals surface area contributed by atoms with Crippen LogP contribution in [0.25, 0.3) is 22.7 Å². The maximum atomic E-state index is 12.2. The van der Waals surface area contributed by atoms with Crippen molar-refractivity contribution in [2.75, 3.05) is 21.3 Å². The number of aryl methyl sites for hydroxylation is 1. The van der Waals surface area contributed by atoms with E-state index in [9.17, 15) is 4.79 Å². The van der Waals surface area contributed by atoms with Gasteiger partial charge >= 0.3 is 0 Å². The Labute approximate surface area is 195 Å². The Morgan fingerprint density at radius 3 is 2.36 bits per heavy atom. The van der Waals surface area contributed by atoms with Crippen molar-refractivity contribution in [2.45, 2.75) is 17.8 Å². The summed E-state index contributed by atoms with van der Waals surface area (Å²) in [5.74, 6) is 3.64. The second-order valence-corrected chi connectivity index (χ2v) is 8.01. The molecule has 0 amide bonds. The fraction of sp³-hybridized carbons (Fsp3) is 0.208. The molecule has 0 saturated heterocycles. The first-order chi connectivity index (χ1) is 16.0. The third kappa shape index (κ3) is 5.04. The molecule has 0 unspecified atom stereocenters. The van der Waals surface area contributed by atoms with E-state index in [0.717, 1.165) is 22.6 Å². The van der Waals surface area contributed by atoms with Crippen molar-refractivity contribution in [3.63, 3.8) is 0 Å². The molecule has 2 heterocycles. The Balaban J connectivity index is 1.55. The van der Waals surface area contributed by atoms with Crippen LogP contribution in [0.1, 0.15) is 11.5 Å². The Morgan fingerprint density at radius 1 is 0.939 bits per heavy atom. The lowest BCUT2D eigenvalue weighted by atomic mass is 10.1. The van der Waals surface area contributed by atoms with Gasteiger partial charge in [0.25, 0.3) is 5.56 Å². The minimum atomic E-state index is -0.223. The van der Waals surface area contributed by atoms with E-state index in [0.29, 0.717) is 39.8 Å². The molecule has 0 spiro atoms. The second-order valence-electron chi connectivity index (χ2n) is 7.04. The van der Waals surface area contributed by atoms with E-state index in [1.54, 1.807) is 27.4 Å². The number of hydrogen-bond donors (Lipinski definition) is 1. The maximum Gasteiger partial charge on any atom is 0.252 e. The molecule has 0 bridgehead atoms. The first-order valence-electron chi connectivity index (χ1n) is 10.1. The van der Waals surface area contributed by atoms with Crippen LogP contribution in [-0.4, -0.2) is 36.3 Å². The predicted molar refractivity (Wildman–Crippen MR) is 126 cm³/mol. The van der Waals surface area contributed by atoms with Crippen molar-refractivity contribution in [2.24, 2.45) is 0 Å². The molecule has 9 heteroatoms. The molecule has 0 radical (unpaired) electrons. The number of aromatic nitrogens is 3. The maximum absolute atomic E-state index is 12.2. The summed E-state index contributed by atoms with van der Waals surface area (Å²) in [7, 11) is 4.79. The zero-order valence-electron chi connectivity index (χ0n) is 18.7. The molecule has 0 aliphatic heterocycles. The minimum Gasteiger partial charge on any atom is -0.497 e. The quantitative estimate of drug-likeness (QED) is 0.295. The van der Waals surface area contributed by atoms with Crippen molar-refractivity contribution < 1.29 is 18.6 Å². The highest BCUT2D eigenvalue weighted by atomic mass is 32.2. The van der Waals surface area contributed by atoms with Gasteiger partial charge in [-0.2, -0.15) is 0 Å². The average Bonchev–Trinajstić information content (AvgIpc) is 3.22. The van der Waals surface area contributed by atoms with Gasteiger partial charge in [0, 0.05) is 23.4 Å². The summed E-state index contributed by atoms with van der Waals surface area (Å²) in [5, 5.41) is 0.499. The standard InChI is InChI=1S/C24H23N3O5S/c1-14-20(25-23(32-14)18-10-9-17(30-3)11-21(18)31-4)13-33-24-26-19(12-22(28)27-24)15-5-7-16(29-2)8-6-15/h5-12H,13H2,1-4H3,(H,26,27,28). The van der Waals surface area contributed by atoms with Gasteiger partial charge in [-0.3, -0.25) is 4.79 Å². The molecular formula is C24H23N3O5S. The van der Waals surface area contributed by atoms with Crippen LogP contribution in [0.5, 0.6) is 17.2 Å². The molecule has 0 aliphatic rings. The summed E-state index contributed by atoms with van der Waals surface area (Å²) >= 11 is 1.38. The predicted octanol–water partition coefficient (Wildman–Crippen LogP) is 4.72. The minimum absolute atomic E-state index is 0.223. The summed E-state index contributed by atoms with van der Waals surface area (Å²) in [5.41, 5.74) is 2.68. The number of thioether (sulfide) groups is 1. The van der Waals surface area contributed by atoms with E-state index in [2.05, 4.69) is 15.0 Å². The lowest BCUT2D eigenvalue weighted by Gasteiger charge is -2.07. The van der Waals surface area contributed by atoms with Crippen LogP contribution in [0.2, 0.25) is 0 Å². The first-order valence-corrected chi connectivity index (χ1v) is 11.1. The molecule has 0 saturated carbocycles. The molecule has 0 fully saturated rings. The van der Waals surface area contributed by atoms with Gasteiger partial charge in [0.05, 0.1) is 38.3 Å². The number of nitrogens with zero attached hydrogens (tertiary/aromatic N) is 2. The van der Waals surface area contributed by atoms with Crippen molar-refractivity contribution in [1.29, 1.82) is 0 Å². The van der Waals surface area contributed by atoms with E-state index < -0.39 is 0 Å². The molecule has 2 aromatic carbocycles. The number of benzene rings is 2. The lowest BCUT2D eigenvalue weighted by molar-refractivity contribution is 0.394. The smallest absolute Gasteiger partial charge is 0.252 e. The zero-order chi connectivity index (χ0) is 23.4. The Hall–Kier alpha value is -3.72. The topological polar surface area (TPSA) is 99.5 Å². The lowest BCUT2D eigenvalue weighted by Crippen LogP contribution is -2.08. The van der Waals surface area contributed by atoms with E-state index in [4.69, 9.17) is 18.6 Å². The van der Waals surface area contributed by atoms with Gasteiger partial charge in [-0.1, -0.05) is 11.8 Å².